The number of nitrogens with one attached hydrogen (secondary N) is 1. The number of nitrogens with zero attached hydrogens (tertiary/aromatic N) is 2. The lowest BCUT2D eigenvalue weighted by Crippen LogP contribution is -2.54. The number of hydrogen-bond acceptors (Lipinski definition) is 5. The third-order valence-corrected chi connectivity index (χ3v) is 5.19. The van der Waals surface area contributed by atoms with Gasteiger partial charge < -0.3 is 4.90 Å². The monoisotopic (exact) mass is 341 g/mol. The third-order valence-electron chi connectivity index (χ3n) is 5.19. The van der Waals surface area contributed by atoms with Gasteiger partial charge in [0.1, 0.15) is 6.04 Å². The summed E-state index contributed by atoms with van der Waals surface area (Å²) in [6.07, 6.45) is 2.18. The van der Waals surface area contributed by atoms with Gasteiger partial charge in [0.25, 0.3) is 11.8 Å². The summed E-state index contributed by atoms with van der Waals surface area (Å²) >= 11 is 0. The Labute approximate surface area is 145 Å². The number of hydrogen-bond donors (Lipinski definition) is 1. The maximum absolute atomic E-state index is 12.8. The van der Waals surface area contributed by atoms with Crippen LogP contribution in [0.2, 0.25) is 0 Å². The minimum absolute atomic E-state index is 0.130. The number of piperidine rings is 1. The number of benzene rings is 1. The van der Waals surface area contributed by atoms with E-state index >= 15 is 0 Å². The molecule has 7 nitrogen and oxygen atoms in total. The van der Waals surface area contributed by atoms with Crippen LogP contribution >= 0.6 is 0 Å². The number of aryl methyl sites for hydroxylation is 1. The molecule has 25 heavy (non-hydrogen) atoms. The predicted octanol–water partition coefficient (Wildman–Crippen LogP) is 0.466. The Balaban J connectivity index is 1.71. The van der Waals surface area contributed by atoms with Gasteiger partial charge in [0.2, 0.25) is 11.8 Å². The summed E-state index contributed by atoms with van der Waals surface area (Å²) in [5.74, 6) is -1.82. The molecule has 1 saturated heterocycles. The first kappa shape index (κ1) is 16.0. The molecule has 0 bridgehead atoms. The number of carbonyl (C=O) groups is 4. The number of rotatable bonds is 1. The second-order valence-corrected chi connectivity index (χ2v) is 6.96. The summed E-state index contributed by atoms with van der Waals surface area (Å²) in [5.41, 5.74) is 2.89. The number of amides is 4. The Kier molecular flexibility index (Phi) is 3.68. The second kappa shape index (κ2) is 5.77. The molecule has 4 amide bonds. The van der Waals surface area contributed by atoms with E-state index in [-0.39, 0.29) is 18.7 Å². The fraction of sp³-hybridized carbons (Fsp3) is 0.444. The van der Waals surface area contributed by atoms with Crippen molar-refractivity contribution in [3.05, 3.63) is 34.4 Å². The highest BCUT2D eigenvalue weighted by Gasteiger charge is 2.45. The maximum Gasteiger partial charge on any atom is 0.262 e. The summed E-state index contributed by atoms with van der Waals surface area (Å²) in [5, 5.41) is 2.21. The quantitative estimate of drug-likeness (QED) is 0.750. The largest absolute Gasteiger partial charge is 0.302 e. The lowest BCUT2D eigenvalue weighted by atomic mass is 9.97. The Morgan fingerprint density at radius 2 is 1.68 bits per heavy atom. The second-order valence-electron chi connectivity index (χ2n) is 6.96. The van der Waals surface area contributed by atoms with Crippen LogP contribution in [0.25, 0.3) is 0 Å². The smallest absolute Gasteiger partial charge is 0.262 e. The molecule has 130 valence electrons. The van der Waals surface area contributed by atoms with Gasteiger partial charge in [0.05, 0.1) is 11.1 Å². The molecule has 3 heterocycles. The molecule has 3 aliphatic rings. The molecule has 0 saturated carbocycles. The van der Waals surface area contributed by atoms with Crippen LogP contribution in [0.3, 0.4) is 0 Å². The Hall–Kier alpha value is -2.54. The molecule has 1 fully saturated rings. The van der Waals surface area contributed by atoms with Crippen LogP contribution in [-0.2, 0) is 22.6 Å². The Morgan fingerprint density at radius 3 is 2.36 bits per heavy atom. The van der Waals surface area contributed by atoms with Crippen molar-refractivity contribution in [2.75, 3.05) is 13.6 Å². The molecule has 0 aliphatic carbocycles. The topological polar surface area (TPSA) is 86.8 Å². The highest BCUT2D eigenvalue weighted by molar-refractivity contribution is 6.23. The zero-order valence-electron chi connectivity index (χ0n) is 14.0. The zero-order valence-corrected chi connectivity index (χ0v) is 14.0. The van der Waals surface area contributed by atoms with E-state index in [1.807, 2.05) is 13.1 Å². The Morgan fingerprint density at radius 1 is 1.00 bits per heavy atom. The van der Waals surface area contributed by atoms with Gasteiger partial charge in [-0.25, -0.2) is 0 Å². The number of imide groups is 2. The van der Waals surface area contributed by atoms with Crippen molar-refractivity contribution in [1.29, 1.82) is 0 Å². The molecular formula is C18H19N3O4. The van der Waals surface area contributed by atoms with Crippen molar-refractivity contribution in [3.63, 3.8) is 0 Å². The summed E-state index contributed by atoms with van der Waals surface area (Å²) in [7, 11) is 2.03. The SMILES string of the molecule is CN1CCCc2cc3c(cc2C1)C(=O)N(C1CCC(=O)NC1=O)C3=O. The van der Waals surface area contributed by atoms with Crippen LogP contribution in [0.4, 0.5) is 0 Å². The molecule has 3 aliphatic heterocycles. The summed E-state index contributed by atoms with van der Waals surface area (Å²) < 4.78 is 0. The molecule has 1 atom stereocenters. The third kappa shape index (κ3) is 2.55. The molecule has 1 unspecified atom stereocenters. The van der Waals surface area contributed by atoms with E-state index in [0.29, 0.717) is 11.1 Å². The van der Waals surface area contributed by atoms with E-state index in [1.54, 1.807) is 6.07 Å². The molecule has 1 aromatic carbocycles. The number of carbonyl (C=O) groups excluding carboxylic acids is 4. The van der Waals surface area contributed by atoms with Crippen LogP contribution in [0.1, 0.15) is 51.1 Å². The average Bonchev–Trinajstić information content (AvgIpc) is 2.70. The predicted molar refractivity (Wildman–Crippen MR) is 87.8 cm³/mol. The van der Waals surface area contributed by atoms with Crippen molar-refractivity contribution in [2.45, 2.75) is 38.3 Å². The van der Waals surface area contributed by atoms with E-state index in [0.717, 1.165) is 42.0 Å². The van der Waals surface area contributed by atoms with Gasteiger partial charge in [-0.3, -0.25) is 29.4 Å². The van der Waals surface area contributed by atoms with Crippen molar-refractivity contribution >= 4 is 23.6 Å². The van der Waals surface area contributed by atoms with Crippen molar-refractivity contribution in [2.24, 2.45) is 0 Å². The molecule has 0 aromatic heterocycles. The van der Waals surface area contributed by atoms with Crippen molar-refractivity contribution in [3.8, 4) is 0 Å². The van der Waals surface area contributed by atoms with E-state index in [4.69, 9.17) is 0 Å². The highest BCUT2D eigenvalue weighted by atomic mass is 16.2. The van der Waals surface area contributed by atoms with Gasteiger partial charge in [-0.05, 0) is 56.1 Å². The molecular weight excluding hydrogens is 322 g/mol. The first-order valence-electron chi connectivity index (χ1n) is 8.51. The van der Waals surface area contributed by atoms with Gasteiger partial charge in [-0.1, -0.05) is 0 Å². The van der Waals surface area contributed by atoms with E-state index in [9.17, 15) is 19.2 Å². The van der Waals surface area contributed by atoms with Crippen LogP contribution in [-0.4, -0.2) is 53.1 Å². The van der Waals surface area contributed by atoms with E-state index in [2.05, 4.69) is 10.2 Å². The fourth-order valence-electron chi connectivity index (χ4n) is 3.90. The standard InChI is InChI=1S/C18H19N3O4/c1-20-6-2-3-10-7-12-13(8-11(10)9-20)18(25)21(17(12)24)14-4-5-15(22)19-16(14)23/h7-8,14H,2-6,9H2,1H3,(H,19,22,23). The van der Waals surface area contributed by atoms with Crippen LogP contribution in [0.5, 0.6) is 0 Å². The lowest BCUT2D eigenvalue weighted by Gasteiger charge is -2.27. The first-order chi connectivity index (χ1) is 12.0. The molecule has 0 spiro atoms. The van der Waals surface area contributed by atoms with E-state index in [1.165, 1.54) is 0 Å². The lowest BCUT2D eigenvalue weighted by molar-refractivity contribution is -0.136. The average molecular weight is 341 g/mol. The molecule has 7 heteroatoms. The minimum atomic E-state index is -0.910. The molecule has 1 aromatic rings. The van der Waals surface area contributed by atoms with Crippen molar-refractivity contribution < 1.29 is 19.2 Å². The van der Waals surface area contributed by atoms with E-state index < -0.39 is 23.8 Å². The highest BCUT2D eigenvalue weighted by Crippen LogP contribution is 2.31. The van der Waals surface area contributed by atoms with Gasteiger partial charge in [-0.2, -0.15) is 0 Å². The Bertz CT molecular complexity index is 817. The van der Waals surface area contributed by atoms with Gasteiger partial charge in [0.15, 0.2) is 0 Å². The zero-order chi connectivity index (χ0) is 17.7. The summed E-state index contributed by atoms with van der Waals surface area (Å²) in [6, 6.07) is 2.71. The minimum Gasteiger partial charge on any atom is -0.302 e. The van der Waals surface area contributed by atoms with Gasteiger partial charge in [-0.15, -0.1) is 0 Å². The normalized spacial score (nSPS) is 24.0. The van der Waals surface area contributed by atoms with Crippen molar-refractivity contribution in [1.82, 2.24) is 15.1 Å². The molecule has 1 N–H and O–H groups in total. The maximum atomic E-state index is 12.8. The summed E-state index contributed by atoms with van der Waals surface area (Å²) in [4.78, 5) is 52.2. The molecule has 0 radical (unpaired) electrons. The first-order valence-corrected chi connectivity index (χ1v) is 8.51. The number of fused-ring (bicyclic) bond motifs is 2. The summed E-state index contributed by atoms with van der Waals surface area (Å²) in [6.45, 7) is 1.71. The molecule has 4 rings (SSSR count). The van der Waals surface area contributed by atoms with Gasteiger partial charge in [0, 0.05) is 13.0 Å². The van der Waals surface area contributed by atoms with Gasteiger partial charge >= 0.3 is 0 Å². The van der Waals surface area contributed by atoms with Crippen LogP contribution in [0.15, 0.2) is 12.1 Å². The fourth-order valence-corrected chi connectivity index (χ4v) is 3.90. The van der Waals surface area contributed by atoms with Crippen LogP contribution in [0, 0.1) is 0 Å². The van der Waals surface area contributed by atoms with Crippen LogP contribution < -0.4 is 5.32 Å².